The van der Waals surface area contributed by atoms with Crippen LogP contribution in [-0.4, -0.2) is 86.7 Å². The van der Waals surface area contributed by atoms with E-state index in [-0.39, 0.29) is 47.7 Å². The first-order chi connectivity index (χ1) is 17.5. The monoisotopic (exact) mass is 534 g/mol. The number of piperidine rings is 1. The predicted molar refractivity (Wildman–Crippen MR) is 136 cm³/mol. The summed E-state index contributed by atoms with van der Waals surface area (Å²) in [6.07, 6.45) is 2.69. The van der Waals surface area contributed by atoms with Crippen molar-refractivity contribution in [3.05, 3.63) is 53.6 Å². The van der Waals surface area contributed by atoms with Crippen molar-refractivity contribution in [3.63, 3.8) is 0 Å². The average molecular weight is 535 g/mol. The molecule has 0 radical (unpaired) electrons. The number of carbonyl (C=O) groups is 1. The van der Waals surface area contributed by atoms with E-state index in [0.717, 1.165) is 11.8 Å². The minimum absolute atomic E-state index is 0.00557. The van der Waals surface area contributed by atoms with E-state index in [4.69, 9.17) is 4.74 Å². The summed E-state index contributed by atoms with van der Waals surface area (Å²) in [6, 6.07) is 6.48. The lowest BCUT2D eigenvalue weighted by Gasteiger charge is -2.44. The first kappa shape index (κ1) is 27.4. The Morgan fingerprint density at radius 2 is 2.00 bits per heavy atom. The van der Waals surface area contributed by atoms with Crippen LogP contribution in [-0.2, 0) is 10.0 Å². The topological polar surface area (TPSA) is 112 Å². The van der Waals surface area contributed by atoms with E-state index >= 15 is 0 Å². The summed E-state index contributed by atoms with van der Waals surface area (Å²) in [4.78, 5) is 20.3. The van der Waals surface area contributed by atoms with Gasteiger partial charge in [-0.25, -0.2) is 17.5 Å². The lowest BCUT2D eigenvalue weighted by molar-refractivity contribution is 0.0157. The van der Waals surface area contributed by atoms with Gasteiger partial charge in [-0.3, -0.25) is 9.78 Å². The summed E-state index contributed by atoms with van der Waals surface area (Å²) in [5.74, 6) is -0.580. The van der Waals surface area contributed by atoms with Gasteiger partial charge in [0, 0.05) is 44.3 Å². The van der Waals surface area contributed by atoms with Crippen LogP contribution in [0, 0.1) is 11.2 Å². The third kappa shape index (κ3) is 6.28. The number of hydrogen-bond donors (Lipinski definition) is 2. The maximum atomic E-state index is 14.2. The standard InChI is InChI=1S/C26H35FN4O5S/c1-18(2)19-4-5-24-23(12-19)36-17-26(16-30(3)15-20(32)13-29-37(24,34)35)7-10-31(11-8-26)25(33)21-6-9-28-14-22(21)27/h4-6,9,12,14,18,20,29,32H,7-8,10-11,13,15-17H2,1-3H3. The number of aliphatic hydroxyl groups excluding tert-OH is 1. The molecule has 37 heavy (non-hydrogen) atoms. The third-order valence-corrected chi connectivity index (χ3v) is 8.67. The number of pyridine rings is 1. The van der Waals surface area contributed by atoms with E-state index < -0.39 is 27.4 Å². The fourth-order valence-electron chi connectivity index (χ4n) is 5.05. The number of likely N-dealkylation sites (N-methyl/N-ethyl adjacent to an activating group) is 1. The molecule has 1 aromatic heterocycles. The second-order valence-electron chi connectivity index (χ2n) is 10.5. The molecule has 0 bridgehead atoms. The zero-order chi connectivity index (χ0) is 26.8. The number of β-amino-alcohol motifs (C(OH)–C–C–N with tert-alkyl or cyclic N) is 1. The predicted octanol–water partition coefficient (Wildman–Crippen LogP) is 2.23. The Kier molecular flexibility index (Phi) is 8.17. The van der Waals surface area contributed by atoms with Crippen LogP contribution in [0.4, 0.5) is 4.39 Å². The quantitative estimate of drug-likeness (QED) is 0.608. The lowest BCUT2D eigenvalue weighted by Crippen LogP contribution is -2.51. The molecule has 1 amide bonds. The van der Waals surface area contributed by atoms with Gasteiger partial charge < -0.3 is 19.6 Å². The van der Waals surface area contributed by atoms with Crippen LogP contribution in [0.15, 0.2) is 41.6 Å². The Bertz CT molecular complexity index is 1230. The van der Waals surface area contributed by atoms with E-state index in [1.807, 2.05) is 25.8 Å². The molecule has 1 unspecified atom stereocenters. The second-order valence-corrected chi connectivity index (χ2v) is 12.2. The molecular formula is C26H35FN4O5S. The number of nitrogens with zero attached hydrogens (tertiary/aromatic N) is 3. The maximum absolute atomic E-state index is 14.2. The first-order valence-electron chi connectivity index (χ1n) is 12.5. The second kappa shape index (κ2) is 11.0. The summed E-state index contributed by atoms with van der Waals surface area (Å²) in [5.41, 5.74) is 0.546. The van der Waals surface area contributed by atoms with Gasteiger partial charge in [0.25, 0.3) is 5.91 Å². The highest BCUT2D eigenvalue weighted by Gasteiger charge is 2.39. The van der Waals surface area contributed by atoms with Gasteiger partial charge in [-0.05, 0) is 49.6 Å². The highest BCUT2D eigenvalue weighted by Crippen LogP contribution is 2.36. The molecule has 11 heteroatoms. The van der Waals surface area contributed by atoms with Crippen molar-refractivity contribution in [3.8, 4) is 5.75 Å². The maximum Gasteiger partial charge on any atom is 0.256 e. The Labute approximate surface area is 217 Å². The largest absolute Gasteiger partial charge is 0.492 e. The third-order valence-electron chi connectivity index (χ3n) is 7.21. The van der Waals surface area contributed by atoms with Crippen molar-refractivity contribution in [1.29, 1.82) is 0 Å². The zero-order valence-electron chi connectivity index (χ0n) is 21.5. The van der Waals surface area contributed by atoms with Crippen LogP contribution < -0.4 is 9.46 Å². The molecule has 0 aliphatic carbocycles. The number of amides is 1. The summed E-state index contributed by atoms with van der Waals surface area (Å²) < 4.78 is 49.1. The number of sulfonamides is 1. The van der Waals surface area contributed by atoms with E-state index in [1.54, 1.807) is 23.1 Å². The van der Waals surface area contributed by atoms with Crippen LogP contribution in [0.25, 0.3) is 0 Å². The number of ether oxygens (including phenoxy) is 1. The number of nitrogens with one attached hydrogen (secondary N) is 1. The molecule has 9 nitrogen and oxygen atoms in total. The van der Waals surface area contributed by atoms with Crippen LogP contribution in [0.5, 0.6) is 5.75 Å². The van der Waals surface area contributed by atoms with Crippen molar-refractivity contribution >= 4 is 15.9 Å². The fourth-order valence-corrected chi connectivity index (χ4v) is 6.24. The van der Waals surface area contributed by atoms with Gasteiger partial charge in [-0.15, -0.1) is 0 Å². The molecule has 4 rings (SSSR count). The van der Waals surface area contributed by atoms with Crippen molar-refractivity contribution in [2.45, 2.75) is 43.6 Å². The minimum Gasteiger partial charge on any atom is -0.492 e. The lowest BCUT2D eigenvalue weighted by atomic mass is 9.78. The van der Waals surface area contributed by atoms with Gasteiger partial charge in [-0.2, -0.15) is 0 Å². The van der Waals surface area contributed by atoms with Crippen LogP contribution in [0.1, 0.15) is 48.5 Å². The van der Waals surface area contributed by atoms with Crippen LogP contribution in [0.2, 0.25) is 0 Å². The molecule has 1 spiro atoms. The number of aliphatic hydroxyl groups is 1. The normalized spacial score (nSPS) is 22.5. The number of halogens is 1. The molecule has 1 atom stereocenters. The number of benzene rings is 1. The van der Waals surface area contributed by atoms with Crippen molar-refractivity contribution in [2.24, 2.45) is 5.41 Å². The summed E-state index contributed by atoms with van der Waals surface area (Å²) in [6.45, 7) is 5.83. The number of carbonyl (C=O) groups excluding carboxylic acids is 1. The average Bonchev–Trinajstić information content (AvgIpc) is 2.86. The van der Waals surface area contributed by atoms with E-state index in [2.05, 4.69) is 9.71 Å². The van der Waals surface area contributed by atoms with Crippen LogP contribution >= 0.6 is 0 Å². The Morgan fingerprint density at radius 1 is 1.27 bits per heavy atom. The molecule has 1 aromatic carbocycles. The Morgan fingerprint density at radius 3 is 2.68 bits per heavy atom. The molecule has 2 N–H and O–H groups in total. The Hall–Kier alpha value is -2.60. The molecule has 1 fully saturated rings. The number of rotatable bonds is 2. The van der Waals surface area contributed by atoms with Gasteiger partial charge in [0.15, 0.2) is 5.82 Å². The molecule has 2 aliphatic heterocycles. The smallest absolute Gasteiger partial charge is 0.256 e. The molecule has 1 saturated heterocycles. The van der Waals surface area contributed by atoms with Crippen molar-refractivity contribution in [2.75, 3.05) is 46.4 Å². The van der Waals surface area contributed by atoms with Gasteiger partial charge in [0.2, 0.25) is 10.0 Å². The molecule has 2 aromatic rings. The van der Waals surface area contributed by atoms with Gasteiger partial charge in [-0.1, -0.05) is 19.9 Å². The highest BCUT2D eigenvalue weighted by atomic mass is 32.2. The Balaban J connectivity index is 1.61. The summed E-state index contributed by atoms with van der Waals surface area (Å²) >= 11 is 0. The van der Waals surface area contributed by atoms with E-state index in [1.165, 1.54) is 12.3 Å². The number of likely N-dealkylation sites (tertiary alicyclic amines) is 1. The SMILES string of the molecule is CC(C)c1ccc2c(c1)OCC1(CCN(C(=O)c3ccncc3F)CC1)CN(C)CC(O)CNS2(=O)=O. The van der Waals surface area contributed by atoms with E-state index in [0.29, 0.717) is 32.5 Å². The van der Waals surface area contributed by atoms with Crippen molar-refractivity contribution < 1.29 is 27.4 Å². The highest BCUT2D eigenvalue weighted by molar-refractivity contribution is 7.89. The zero-order valence-corrected chi connectivity index (χ0v) is 22.3. The van der Waals surface area contributed by atoms with E-state index in [9.17, 15) is 22.7 Å². The summed E-state index contributed by atoms with van der Waals surface area (Å²) in [7, 11) is -2.03. The number of fused-ring (bicyclic) bond motifs is 1. The first-order valence-corrected chi connectivity index (χ1v) is 14.0. The van der Waals surface area contributed by atoms with Gasteiger partial charge >= 0.3 is 0 Å². The molecular weight excluding hydrogens is 499 g/mol. The molecule has 3 heterocycles. The molecule has 0 saturated carbocycles. The van der Waals surface area contributed by atoms with Gasteiger partial charge in [0.1, 0.15) is 10.6 Å². The molecule has 2 aliphatic rings. The van der Waals surface area contributed by atoms with Gasteiger partial charge in [0.05, 0.1) is 24.5 Å². The number of aromatic nitrogens is 1. The summed E-state index contributed by atoms with van der Waals surface area (Å²) in [5, 5.41) is 10.5. The van der Waals surface area contributed by atoms with Crippen LogP contribution in [0.3, 0.4) is 0 Å². The fraction of sp³-hybridized carbons (Fsp3) is 0.538. The molecule has 202 valence electrons. The van der Waals surface area contributed by atoms with Crippen molar-refractivity contribution in [1.82, 2.24) is 19.5 Å². The number of hydrogen-bond acceptors (Lipinski definition) is 7. The minimum atomic E-state index is -3.91.